The summed E-state index contributed by atoms with van der Waals surface area (Å²) in [5.74, 6) is -0.684. The highest BCUT2D eigenvalue weighted by molar-refractivity contribution is 8.18. The standard InChI is InChI=1S/C20H20N2O4S/c1-5-21-18(23)17(27-20(21)25)11-14-10-12(2)22(13(14)3)16-9-7-6-8-15(16)19(24)26-4/h6-11H,5H2,1-4H3/b17-11+. The van der Waals surface area contributed by atoms with Crippen molar-refractivity contribution in [2.24, 2.45) is 0 Å². The van der Waals surface area contributed by atoms with E-state index in [0.29, 0.717) is 22.7 Å². The average molecular weight is 384 g/mol. The first-order valence-electron chi connectivity index (χ1n) is 8.51. The topological polar surface area (TPSA) is 68.6 Å². The molecular formula is C20H20N2O4S. The van der Waals surface area contributed by atoms with Gasteiger partial charge in [0.05, 0.1) is 23.3 Å². The van der Waals surface area contributed by atoms with Gasteiger partial charge in [-0.1, -0.05) is 12.1 Å². The van der Waals surface area contributed by atoms with Crippen LogP contribution in [-0.2, 0) is 9.53 Å². The molecule has 27 heavy (non-hydrogen) atoms. The van der Waals surface area contributed by atoms with Gasteiger partial charge in [-0.15, -0.1) is 0 Å². The second-order valence-corrected chi connectivity index (χ2v) is 7.09. The zero-order chi connectivity index (χ0) is 19.7. The smallest absolute Gasteiger partial charge is 0.339 e. The van der Waals surface area contributed by atoms with Crippen LogP contribution in [0.15, 0.2) is 35.2 Å². The molecule has 3 rings (SSSR count). The molecule has 1 saturated heterocycles. The molecule has 7 heteroatoms. The fraction of sp³-hybridized carbons (Fsp3) is 0.250. The number of amides is 2. The zero-order valence-electron chi connectivity index (χ0n) is 15.6. The number of imide groups is 1. The van der Waals surface area contributed by atoms with Crippen LogP contribution in [0.5, 0.6) is 0 Å². The van der Waals surface area contributed by atoms with Crippen LogP contribution >= 0.6 is 11.8 Å². The molecule has 2 aromatic rings. The lowest BCUT2D eigenvalue weighted by Crippen LogP contribution is -2.27. The number of hydrogen-bond donors (Lipinski definition) is 0. The SMILES string of the molecule is CCN1C(=O)S/C(=C/c2cc(C)n(-c3ccccc3C(=O)OC)c2C)C1=O. The lowest BCUT2D eigenvalue weighted by atomic mass is 10.1. The van der Waals surface area contributed by atoms with E-state index in [0.717, 1.165) is 28.7 Å². The number of para-hydroxylation sites is 1. The molecule has 2 heterocycles. The number of carbonyl (C=O) groups excluding carboxylic acids is 3. The summed E-state index contributed by atoms with van der Waals surface area (Å²) in [7, 11) is 1.35. The fourth-order valence-corrected chi connectivity index (χ4v) is 4.06. The monoisotopic (exact) mass is 384 g/mol. The lowest BCUT2D eigenvalue weighted by Gasteiger charge is -2.13. The van der Waals surface area contributed by atoms with Crippen LogP contribution in [0.3, 0.4) is 0 Å². The van der Waals surface area contributed by atoms with Crippen molar-refractivity contribution in [2.75, 3.05) is 13.7 Å². The molecule has 1 fully saturated rings. The third-order valence-corrected chi connectivity index (χ3v) is 5.40. The van der Waals surface area contributed by atoms with E-state index in [1.807, 2.05) is 36.6 Å². The van der Waals surface area contributed by atoms with Crippen LogP contribution in [0.25, 0.3) is 11.8 Å². The van der Waals surface area contributed by atoms with Gasteiger partial charge in [-0.25, -0.2) is 4.79 Å². The zero-order valence-corrected chi connectivity index (χ0v) is 16.4. The molecule has 1 aromatic heterocycles. The predicted molar refractivity (Wildman–Crippen MR) is 105 cm³/mol. The summed E-state index contributed by atoms with van der Waals surface area (Å²) in [5.41, 5.74) is 3.77. The predicted octanol–water partition coefficient (Wildman–Crippen LogP) is 3.94. The van der Waals surface area contributed by atoms with E-state index in [9.17, 15) is 14.4 Å². The summed E-state index contributed by atoms with van der Waals surface area (Å²) in [6.45, 7) is 5.97. The minimum Gasteiger partial charge on any atom is -0.465 e. The summed E-state index contributed by atoms with van der Waals surface area (Å²) in [5, 5.41) is -0.251. The van der Waals surface area contributed by atoms with Crippen LogP contribution in [0, 0.1) is 13.8 Å². The summed E-state index contributed by atoms with van der Waals surface area (Å²) < 4.78 is 6.83. The van der Waals surface area contributed by atoms with Crippen molar-refractivity contribution in [1.82, 2.24) is 9.47 Å². The Morgan fingerprint density at radius 1 is 1.22 bits per heavy atom. The van der Waals surface area contributed by atoms with Crippen molar-refractivity contribution < 1.29 is 19.1 Å². The molecule has 0 unspecified atom stereocenters. The quantitative estimate of drug-likeness (QED) is 0.590. The summed E-state index contributed by atoms with van der Waals surface area (Å²) in [6.07, 6.45) is 1.74. The van der Waals surface area contributed by atoms with Gasteiger partial charge in [0, 0.05) is 17.9 Å². The Morgan fingerprint density at radius 2 is 1.93 bits per heavy atom. The number of likely N-dealkylation sites (N-methyl/N-ethyl adjacent to an activating group) is 1. The molecule has 2 amide bonds. The molecular weight excluding hydrogens is 364 g/mol. The van der Waals surface area contributed by atoms with Gasteiger partial charge in [0.15, 0.2) is 0 Å². The van der Waals surface area contributed by atoms with Crippen molar-refractivity contribution in [2.45, 2.75) is 20.8 Å². The van der Waals surface area contributed by atoms with E-state index in [1.54, 1.807) is 25.1 Å². The van der Waals surface area contributed by atoms with Crippen LogP contribution in [0.2, 0.25) is 0 Å². The first kappa shape index (κ1) is 19.0. The van der Waals surface area contributed by atoms with E-state index in [-0.39, 0.29) is 11.1 Å². The van der Waals surface area contributed by atoms with Crippen LogP contribution in [-0.4, -0.2) is 40.2 Å². The number of rotatable bonds is 4. The molecule has 0 atom stereocenters. The number of hydrogen-bond acceptors (Lipinski definition) is 5. The number of aromatic nitrogens is 1. The molecule has 0 bridgehead atoms. The largest absolute Gasteiger partial charge is 0.465 e. The Labute approximate surface area is 161 Å². The highest BCUT2D eigenvalue weighted by atomic mass is 32.2. The van der Waals surface area contributed by atoms with Crippen LogP contribution in [0.1, 0.15) is 34.2 Å². The van der Waals surface area contributed by atoms with Crippen molar-refractivity contribution >= 4 is 35.0 Å². The Kier molecular flexibility index (Phi) is 5.23. The normalized spacial score (nSPS) is 15.7. The minimum atomic E-state index is -0.413. The maximum atomic E-state index is 12.4. The first-order chi connectivity index (χ1) is 12.9. The highest BCUT2D eigenvalue weighted by Crippen LogP contribution is 2.33. The molecule has 6 nitrogen and oxygen atoms in total. The summed E-state index contributed by atoms with van der Waals surface area (Å²) >= 11 is 0.948. The summed E-state index contributed by atoms with van der Waals surface area (Å²) in [6, 6.07) is 9.13. The van der Waals surface area contributed by atoms with Gasteiger partial charge in [-0.2, -0.15) is 0 Å². The number of aryl methyl sites for hydroxylation is 1. The number of carbonyl (C=O) groups is 3. The third-order valence-electron chi connectivity index (χ3n) is 4.50. The minimum absolute atomic E-state index is 0.251. The Bertz CT molecular complexity index is 974. The molecule has 1 aromatic carbocycles. The van der Waals surface area contributed by atoms with Crippen LogP contribution < -0.4 is 0 Å². The second kappa shape index (κ2) is 7.44. The highest BCUT2D eigenvalue weighted by Gasteiger charge is 2.34. The Balaban J connectivity index is 2.08. The molecule has 0 spiro atoms. The van der Waals surface area contributed by atoms with Gasteiger partial charge in [-0.3, -0.25) is 14.5 Å². The average Bonchev–Trinajstić information content (AvgIpc) is 3.09. The van der Waals surface area contributed by atoms with E-state index in [1.165, 1.54) is 12.0 Å². The van der Waals surface area contributed by atoms with Gasteiger partial charge in [0.2, 0.25) is 0 Å². The van der Waals surface area contributed by atoms with Gasteiger partial charge >= 0.3 is 5.97 Å². The van der Waals surface area contributed by atoms with Gasteiger partial charge in [0.25, 0.3) is 11.1 Å². The van der Waals surface area contributed by atoms with Gasteiger partial charge in [-0.05, 0) is 62.4 Å². The van der Waals surface area contributed by atoms with Crippen molar-refractivity contribution in [3.8, 4) is 5.69 Å². The molecule has 0 aliphatic carbocycles. The first-order valence-corrected chi connectivity index (χ1v) is 9.32. The molecule has 0 saturated carbocycles. The van der Waals surface area contributed by atoms with E-state index in [4.69, 9.17) is 4.74 Å². The Hall–Kier alpha value is -2.80. The van der Waals surface area contributed by atoms with Crippen molar-refractivity contribution in [3.63, 3.8) is 0 Å². The number of ether oxygens (including phenoxy) is 1. The number of benzene rings is 1. The fourth-order valence-electron chi connectivity index (χ4n) is 3.17. The van der Waals surface area contributed by atoms with Gasteiger partial charge < -0.3 is 9.30 Å². The molecule has 1 aliphatic rings. The number of methoxy groups -OCH3 is 1. The maximum absolute atomic E-state index is 12.4. The molecule has 0 N–H and O–H groups in total. The number of thioether (sulfide) groups is 1. The molecule has 140 valence electrons. The lowest BCUT2D eigenvalue weighted by molar-refractivity contribution is -0.122. The van der Waals surface area contributed by atoms with Crippen molar-refractivity contribution in [3.05, 3.63) is 57.8 Å². The number of esters is 1. The van der Waals surface area contributed by atoms with E-state index >= 15 is 0 Å². The van der Waals surface area contributed by atoms with Gasteiger partial charge in [0.1, 0.15) is 0 Å². The summed E-state index contributed by atoms with van der Waals surface area (Å²) in [4.78, 5) is 38.0. The second-order valence-electron chi connectivity index (χ2n) is 6.10. The maximum Gasteiger partial charge on any atom is 0.339 e. The Morgan fingerprint density at radius 3 is 2.56 bits per heavy atom. The van der Waals surface area contributed by atoms with E-state index in [2.05, 4.69) is 0 Å². The van der Waals surface area contributed by atoms with Crippen LogP contribution in [0.4, 0.5) is 4.79 Å². The third kappa shape index (κ3) is 3.30. The van der Waals surface area contributed by atoms with Crippen molar-refractivity contribution in [1.29, 1.82) is 0 Å². The molecule has 1 aliphatic heterocycles. The number of nitrogens with zero attached hydrogens (tertiary/aromatic N) is 2. The van der Waals surface area contributed by atoms with E-state index < -0.39 is 5.97 Å². The molecule has 0 radical (unpaired) electrons.